The summed E-state index contributed by atoms with van der Waals surface area (Å²) in [4.78, 5) is 0. The Morgan fingerprint density at radius 1 is 1.33 bits per heavy atom. The molecule has 0 amide bonds. The van der Waals surface area contributed by atoms with E-state index in [9.17, 15) is 0 Å². The van der Waals surface area contributed by atoms with E-state index in [2.05, 4.69) is 52.8 Å². The first-order valence-corrected chi connectivity index (χ1v) is 5.86. The van der Waals surface area contributed by atoms with Gasteiger partial charge in [-0.15, -0.1) is 0 Å². The third-order valence-electron chi connectivity index (χ3n) is 1.50. The molecule has 0 aliphatic heterocycles. The van der Waals surface area contributed by atoms with Crippen LogP contribution < -0.4 is 0 Å². The van der Waals surface area contributed by atoms with E-state index >= 15 is 0 Å². The van der Waals surface area contributed by atoms with Crippen molar-refractivity contribution in [2.45, 2.75) is 13.3 Å². The minimum absolute atomic E-state index is 1.05. The molecule has 0 radical (unpaired) electrons. The van der Waals surface area contributed by atoms with Gasteiger partial charge < -0.3 is 0 Å². The van der Waals surface area contributed by atoms with Crippen LogP contribution in [0.1, 0.15) is 12.5 Å². The van der Waals surface area contributed by atoms with Gasteiger partial charge in [0.1, 0.15) is 0 Å². The van der Waals surface area contributed by atoms with Gasteiger partial charge >= 0.3 is 86.1 Å². The van der Waals surface area contributed by atoms with E-state index in [1.165, 1.54) is 9.31 Å². The van der Waals surface area contributed by atoms with E-state index in [0.717, 1.165) is 12.2 Å². The van der Waals surface area contributed by atoms with Crippen LogP contribution in [0.15, 0.2) is 30.3 Å². The quantitative estimate of drug-likeness (QED) is 0.731. The third kappa shape index (κ3) is 3.57. The van der Waals surface area contributed by atoms with E-state index < -0.39 is 0 Å². The molecule has 0 heterocycles. The molecule has 2 heteroatoms. The summed E-state index contributed by atoms with van der Waals surface area (Å²) in [7, 11) is 0. The molecule has 0 fully saturated rings. The van der Waals surface area contributed by atoms with Crippen LogP contribution >= 0.6 is 11.8 Å². The Bertz CT molecular complexity index is 243. The van der Waals surface area contributed by atoms with Crippen molar-refractivity contribution in [2.24, 2.45) is 0 Å². The predicted molar refractivity (Wildman–Crippen MR) is 59.0 cm³/mol. The molecule has 0 aliphatic carbocycles. The normalized spacial score (nSPS) is 9.75. The summed E-state index contributed by atoms with van der Waals surface area (Å²) in [6, 6.07) is 10.5. The monoisotopic (exact) mass is 244 g/mol. The molecular formula is C10H12SSe. The zero-order chi connectivity index (χ0) is 8.81. The average molecular weight is 243 g/mol. The van der Waals surface area contributed by atoms with Gasteiger partial charge in [-0.1, -0.05) is 0 Å². The number of benzene rings is 1. The SMILES string of the molecule is CCSC(=[Se])Cc1ccccc1. The zero-order valence-corrected chi connectivity index (χ0v) is 9.65. The molecule has 1 rings (SSSR count). The van der Waals surface area contributed by atoms with Crippen LogP contribution in [0.4, 0.5) is 0 Å². The maximum absolute atomic E-state index is 3.11. The number of thioether (sulfide) groups is 1. The molecule has 0 aromatic heterocycles. The number of rotatable bonds is 4. The molecule has 0 nitrogen and oxygen atoms in total. The number of hydrogen-bond acceptors (Lipinski definition) is 1. The molecule has 1 aromatic carbocycles. The summed E-state index contributed by atoms with van der Waals surface area (Å²) in [6.45, 7) is 2.17. The fourth-order valence-electron chi connectivity index (χ4n) is 0.975. The van der Waals surface area contributed by atoms with Gasteiger partial charge in [-0.3, -0.25) is 0 Å². The first-order valence-electron chi connectivity index (χ1n) is 4.02. The van der Waals surface area contributed by atoms with Crippen LogP contribution in [-0.4, -0.2) is 25.1 Å². The molecular weight excluding hydrogens is 231 g/mol. The zero-order valence-electron chi connectivity index (χ0n) is 7.12. The summed E-state index contributed by atoms with van der Waals surface area (Å²) >= 11 is 4.99. The van der Waals surface area contributed by atoms with E-state index in [0.29, 0.717) is 0 Å². The summed E-state index contributed by atoms with van der Waals surface area (Å²) < 4.78 is 1.38. The predicted octanol–water partition coefficient (Wildman–Crippen LogP) is 2.28. The molecule has 0 atom stereocenters. The van der Waals surface area contributed by atoms with Gasteiger partial charge in [0, 0.05) is 0 Å². The summed E-state index contributed by atoms with van der Waals surface area (Å²) in [5.74, 6) is 1.15. The van der Waals surface area contributed by atoms with Crippen LogP contribution in [0.5, 0.6) is 0 Å². The first-order chi connectivity index (χ1) is 5.83. The summed E-state index contributed by atoms with van der Waals surface area (Å²) in [6.07, 6.45) is 1.05. The Labute approximate surface area is 86.1 Å². The third-order valence-corrected chi connectivity index (χ3v) is 3.30. The Balaban J connectivity index is 2.47. The average Bonchev–Trinajstić information content (AvgIpc) is 2.06. The Morgan fingerprint density at radius 3 is 2.58 bits per heavy atom. The second-order valence-corrected chi connectivity index (χ2v) is 5.44. The molecule has 0 spiro atoms. The van der Waals surface area contributed by atoms with Crippen molar-refractivity contribution in [1.82, 2.24) is 0 Å². The molecule has 0 saturated carbocycles. The molecule has 12 heavy (non-hydrogen) atoms. The van der Waals surface area contributed by atoms with Crippen molar-refractivity contribution < 1.29 is 0 Å². The van der Waals surface area contributed by atoms with Gasteiger partial charge in [-0.25, -0.2) is 0 Å². The summed E-state index contributed by atoms with van der Waals surface area (Å²) in [5, 5.41) is 0. The molecule has 0 aliphatic rings. The van der Waals surface area contributed by atoms with E-state index in [-0.39, 0.29) is 0 Å². The van der Waals surface area contributed by atoms with Crippen molar-refractivity contribution in [3.05, 3.63) is 35.9 Å². The fourth-order valence-corrected chi connectivity index (χ4v) is 2.66. The van der Waals surface area contributed by atoms with Crippen LogP contribution in [0.25, 0.3) is 0 Å². The standard InChI is InChI=1S/C10H12SSe/c1-2-11-10(12)8-9-6-4-3-5-7-9/h3-7H,2,8H2,1H3. The minimum atomic E-state index is 1.05. The Morgan fingerprint density at radius 2 is 2.00 bits per heavy atom. The van der Waals surface area contributed by atoms with Gasteiger partial charge in [0.2, 0.25) is 0 Å². The van der Waals surface area contributed by atoms with E-state index in [1.807, 2.05) is 11.8 Å². The van der Waals surface area contributed by atoms with Crippen LogP contribution in [0, 0.1) is 0 Å². The molecule has 0 unspecified atom stereocenters. The molecule has 1 aromatic rings. The van der Waals surface area contributed by atoms with Crippen molar-refractivity contribution in [3.8, 4) is 0 Å². The molecule has 0 saturated heterocycles. The molecule has 0 bridgehead atoms. The first kappa shape index (κ1) is 10.0. The summed E-state index contributed by atoms with van der Waals surface area (Å²) in [5.41, 5.74) is 1.38. The Kier molecular flexibility index (Phi) is 4.67. The van der Waals surface area contributed by atoms with Gasteiger partial charge in [0.05, 0.1) is 0 Å². The van der Waals surface area contributed by atoms with Crippen molar-refractivity contribution in [2.75, 3.05) is 5.75 Å². The van der Waals surface area contributed by atoms with E-state index in [4.69, 9.17) is 0 Å². The van der Waals surface area contributed by atoms with Gasteiger partial charge in [-0.05, 0) is 0 Å². The fraction of sp³-hybridized carbons (Fsp3) is 0.300. The Hall–Kier alpha value is -0.0405. The van der Waals surface area contributed by atoms with E-state index in [1.54, 1.807) is 0 Å². The van der Waals surface area contributed by atoms with Gasteiger partial charge in [0.15, 0.2) is 0 Å². The number of hydrogen-bond donors (Lipinski definition) is 0. The second kappa shape index (κ2) is 5.58. The molecule has 64 valence electrons. The van der Waals surface area contributed by atoms with Crippen molar-refractivity contribution in [3.63, 3.8) is 0 Å². The molecule has 0 N–H and O–H groups in total. The van der Waals surface area contributed by atoms with Crippen LogP contribution in [0.3, 0.4) is 0 Å². The second-order valence-electron chi connectivity index (χ2n) is 2.47. The topological polar surface area (TPSA) is 0 Å². The van der Waals surface area contributed by atoms with Crippen molar-refractivity contribution >= 4 is 31.1 Å². The van der Waals surface area contributed by atoms with Crippen LogP contribution in [0.2, 0.25) is 0 Å². The van der Waals surface area contributed by atoms with Crippen molar-refractivity contribution in [1.29, 1.82) is 0 Å². The van der Waals surface area contributed by atoms with Gasteiger partial charge in [-0.2, -0.15) is 0 Å². The maximum atomic E-state index is 3.11. The van der Waals surface area contributed by atoms with Crippen LogP contribution in [-0.2, 0) is 6.42 Å². The van der Waals surface area contributed by atoms with Gasteiger partial charge in [0.25, 0.3) is 0 Å².